The van der Waals surface area contributed by atoms with Crippen molar-refractivity contribution in [3.63, 3.8) is 0 Å². The highest BCUT2D eigenvalue weighted by atomic mass is 32.2. The van der Waals surface area contributed by atoms with E-state index in [1.165, 1.54) is 25.3 Å². The van der Waals surface area contributed by atoms with E-state index in [-0.39, 0.29) is 10.7 Å². The first-order chi connectivity index (χ1) is 16.9. The van der Waals surface area contributed by atoms with Gasteiger partial charge in [0.15, 0.2) is 5.78 Å². The summed E-state index contributed by atoms with van der Waals surface area (Å²) in [7, 11) is -2.49. The van der Waals surface area contributed by atoms with Crippen LogP contribution in [-0.2, 0) is 10.0 Å². The lowest BCUT2D eigenvalue weighted by molar-refractivity contribution is 0.102. The zero-order valence-corrected chi connectivity index (χ0v) is 19.4. The summed E-state index contributed by atoms with van der Waals surface area (Å²) in [4.78, 5) is 25.7. The van der Waals surface area contributed by atoms with E-state index in [0.29, 0.717) is 33.8 Å². The van der Waals surface area contributed by atoms with Crippen molar-refractivity contribution in [1.82, 2.24) is 0 Å². The summed E-state index contributed by atoms with van der Waals surface area (Å²) in [5, 5.41) is 2.72. The van der Waals surface area contributed by atoms with Crippen LogP contribution in [0.3, 0.4) is 0 Å². The van der Waals surface area contributed by atoms with Gasteiger partial charge >= 0.3 is 0 Å². The molecule has 0 bridgehead atoms. The van der Waals surface area contributed by atoms with Crippen LogP contribution in [0.2, 0.25) is 0 Å². The first-order valence-electron chi connectivity index (χ1n) is 10.7. The molecule has 2 N–H and O–H groups in total. The molecule has 0 heterocycles. The van der Waals surface area contributed by atoms with Gasteiger partial charge in [0.05, 0.1) is 17.7 Å². The zero-order valence-electron chi connectivity index (χ0n) is 18.6. The summed E-state index contributed by atoms with van der Waals surface area (Å²) in [6, 6.07) is 24.9. The summed E-state index contributed by atoms with van der Waals surface area (Å²) in [5.41, 5.74) is 3.61. The van der Waals surface area contributed by atoms with Crippen LogP contribution in [0.15, 0.2) is 95.9 Å². The van der Waals surface area contributed by atoms with Crippen LogP contribution < -0.4 is 14.8 Å². The molecular formula is C27H20N2O5S. The smallest absolute Gasteiger partial charge is 0.262 e. The lowest BCUT2D eigenvalue weighted by Gasteiger charge is -2.13. The van der Waals surface area contributed by atoms with E-state index in [4.69, 9.17) is 4.74 Å². The molecule has 1 amide bonds. The maximum absolute atomic E-state index is 12.9. The maximum atomic E-state index is 12.9. The van der Waals surface area contributed by atoms with E-state index >= 15 is 0 Å². The number of para-hydroxylation sites is 2. The first kappa shape index (κ1) is 22.4. The predicted octanol–water partition coefficient (Wildman–Crippen LogP) is 4.96. The highest BCUT2D eigenvalue weighted by molar-refractivity contribution is 7.92. The molecule has 7 nitrogen and oxygen atoms in total. The van der Waals surface area contributed by atoms with E-state index in [0.717, 1.165) is 11.1 Å². The number of rotatable bonds is 6. The number of amides is 1. The van der Waals surface area contributed by atoms with Gasteiger partial charge in [-0.2, -0.15) is 0 Å². The van der Waals surface area contributed by atoms with E-state index in [9.17, 15) is 18.0 Å². The van der Waals surface area contributed by atoms with Gasteiger partial charge in [-0.15, -0.1) is 0 Å². The van der Waals surface area contributed by atoms with Crippen molar-refractivity contribution in [2.24, 2.45) is 0 Å². The van der Waals surface area contributed by atoms with Crippen molar-refractivity contribution in [2.45, 2.75) is 4.90 Å². The molecule has 0 unspecified atom stereocenters. The van der Waals surface area contributed by atoms with Crippen LogP contribution in [0.1, 0.15) is 26.3 Å². The van der Waals surface area contributed by atoms with Crippen LogP contribution in [0, 0.1) is 0 Å². The highest BCUT2D eigenvalue weighted by Gasteiger charge is 2.27. The highest BCUT2D eigenvalue weighted by Crippen LogP contribution is 2.36. The molecule has 0 saturated heterocycles. The number of ketones is 1. The molecule has 0 radical (unpaired) electrons. The second kappa shape index (κ2) is 8.73. The Morgan fingerprint density at radius 3 is 2.29 bits per heavy atom. The zero-order chi connectivity index (χ0) is 24.6. The third-order valence-corrected chi connectivity index (χ3v) is 7.10. The Kier molecular flexibility index (Phi) is 5.58. The number of carbonyl (C=O) groups is 2. The molecule has 0 aromatic heterocycles. The number of nitrogens with one attached hydrogen (secondary N) is 2. The molecule has 8 heteroatoms. The Morgan fingerprint density at radius 2 is 1.49 bits per heavy atom. The molecule has 4 aromatic rings. The van der Waals surface area contributed by atoms with Crippen LogP contribution >= 0.6 is 0 Å². The third kappa shape index (κ3) is 4.15. The van der Waals surface area contributed by atoms with Gasteiger partial charge in [0, 0.05) is 22.4 Å². The number of ether oxygens (including phenoxy) is 1. The lowest BCUT2D eigenvalue weighted by Crippen LogP contribution is -2.15. The second-order valence-electron chi connectivity index (χ2n) is 7.92. The topological polar surface area (TPSA) is 102 Å². The van der Waals surface area contributed by atoms with Crippen molar-refractivity contribution < 1.29 is 22.7 Å². The maximum Gasteiger partial charge on any atom is 0.262 e. The molecule has 5 rings (SSSR count). The third-order valence-electron chi connectivity index (χ3n) is 5.74. The number of sulfonamides is 1. The molecule has 0 spiro atoms. The number of carbonyl (C=O) groups excluding carboxylic acids is 2. The summed E-state index contributed by atoms with van der Waals surface area (Å²) in [6.07, 6.45) is 0. The average molecular weight is 485 g/mol. The Labute approximate surface area is 202 Å². The van der Waals surface area contributed by atoms with Crippen molar-refractivity contribution in [3.05, 3.63) is 108 Å². The molecule has 1 aliphatic carbocycles. The molecule has 1 aliphatic rings. The molecular weight excluding hydrogens is 464 g/mol. The lowest BCUT2D eigenvalue weighted by atomic mass is 10.0. The van der Waals surface area contributed by atoms with Crippen molar-refractivity contribution in [3.8, 4) is 16.9 Å². The average Bonchev–Trinajstić information content (AvgIpc) is 3.16. The number of anilines is 2. The number of benzene rings is 4. The minimum absolute atomic E-state index is 0.0270. The van der Waals surface area contributed by atoms with E-state index < -0.39 is 15.9 Å². The quantitative estimate of drug-likeness (QED) is 0.355. The van der Waals surface area contributed by atoms with Gasteiger partial charge in [0.25, 0.3) is 15.9 Å². The van der Waals surface area contributed by atoms with Crippen molar-refractivity contribution >= 4 is 33.1 Å². The van der Waals surface area contributed by atoms with E-state index in [1.807, 2.05) is 12.1 Å². The predicted molar refractivity (Wildman–Crippen MR) is 134 cm³/mol. The van der Waals surface area contributed by atoms with Gasteiger partial charge in [-0.05, 0) is 53.6 Å². The minimum Gasteiger partial charge on any atom is -0.495 e. The molecule has 4 aromatic carbocycles. The molecule has 0 atom stereocenters. The van der Waals surface area contributed by atoms with E-state index in [1.54, 1.807) is 60.7 Å². The summed E-state index contributed by atoms with van der Waals surface area (Å²) in [5.74, 6) is -0.196. The molecule has 35 heavy (non-hydrogen) atoms. The van der Waals surface area contributed by atoms with Crippen molar-refractivity contribution in [2.75, 3.05) is 17.1 Å². The largest absolute Gasteiger partial charge is 0.495 e. The van der Waals surface area contributed by atoms with Gasteiger partial charge < -0.3 is 10.1 Å². The van der Waals surface area contributed by atoms with E-state index in [2.05, 4.69) is 10.0 Å². The minimum atomic E-state index is -3.94. The normalized spacial score (nSPS) is 12.0. The Balaban J connectivity index is 1.38. The molecule has 0 saturated carbocycles. The molecule has 0 fully saturated rings. The van der Waals surface area contributed by atoms with Gasteiger partial charge in [-0.25, -0.2) is 8.42 Å². The van der Waals surface area contributed by atoms with Crippen molar-refractivity contribution in [1.29, 1.82) is 0 Å². The summed E-state index contributed by atoms with van der Waals surface area (Å²) >= 11 is 0. The fourth-order valence-electron chi connectivity index (χ4n) is 4.05. The van der Waals surface area contributed by atoms with Crippen LogP contribution in [-0.4, -0.2) is 27.2 Å². The summed E-state index contributed by atoms with van der Waals surface area (Å²) in [6.45, 7) is 0. The first-order valence-corrected chi connectivity index (χ1v) is 12.2. The van der Waals surface area contributed by atoms with Crippen LogP contribution in [0.25, 0.3) is 11.1 Å². The molecule has 0 aliphatic heterocycles. The Morgan fingerprint density at radius 1 is 0.771 bits per heavy atom. The van der Waals surface area contributed by atoms with Gasteiger partial charge in [0.1, 0.15) is 5.75 Å². The van der Waals surface area contributed by atoms with Gasteiger partial charge in [-0.3, -0.25) is 14.3 Å². The second-order valence-corrected chi connectivity index (χ2v) is 9.61. The Hall–Kier alpha value is -4.43. The number of methoxy groups -OCH3 is 1. The van der Waals surface area contributed by atoms with Crippen LogP contribution in [0.5, 0.6) is 5.75 Å². The fourth-order valence-corrected chi connectivity index (χ4v) is 5.16. The number of hydrogen-bond donors (Lipinski definition) is 2. The standard InChI is InChI=1S/C27H20N2O5S/c1-34-25-12-5-4-11-24(25)29-35(32,33)19-8-6-7-18(16-19)28-27(31)17-13-14-21-20-9-2-3-10-22(20)26(30)23(21)15-17/h2-16,29H,1H3,(H,28,31). The SMILES string of the molecule is COc1ccccc1NS(=O)(=O)c1cccc(NC(=O)c2ccc3c(c2)C(=O)c2ccccc2-3)c1. The monoisotopic (exact) mass is 484 g/mol. The fraction of sp³-hybridized carbons (Fsp3) is 0.0370. The van der Waals surface area contributed by atoms with Crippen LogP contribution in [0.4, 0.5) is 11.4 Å². The Bertz CT molecular complexity index is 1590. The number of hydrogen-bond acceptors (Lipinski definition) is 5. The summed E-state index contributed by atoms with van der Waals surface area (Å²) < 4.78 is 33.6. The van der Waals surface area contributed by atoms with Gasteiger partial charge in [0.2, 0.25) is 0 Å². The molecule has 174 valence electrons. The van der Waals surface area contributed by atoms with Gasteiger partial charge in [-0.1, -0.05) is 48.5 Å². The number of fused-ring (bicyclic) bond motifs is 3.